The second-order valence-corrected chi connectivity index (χ2v) is 5.17. The van der Waals surface area contributed by atoms with Crippen LogP contribution in [0, 0.1) is 0 Å². The second kappa shape index (κ2) is 6.57. The number of aromatic nitrogens is 1. The Balaban J connectivity index is 2.17. The fourth-order valence-electron chi connectivity index (χ4n) is 2.47. The number of hydrogen-bond donors (Lipinski definition) is 2. The van der Waals surface area contributed by atoms with Gasteiger partial charge in [-0.25, -0.2) is 0 Å². The summed E-state index contributed by atoms with van der Waals surface area (Å²) in [7, 11) is 0. The van der Waals surface area contributed by atoms with Crippen LogP contribution in [0.15, 0.2) is 30.5 Å². The van der Waals surface area contributed by atoms with Crippen molar-refractivity contribution in [2.75, 3.05) is 30.7 Å². The van der Waals surface area contributed by atoms with Crippen molar-refractivity contribution in [3.05, 3.63) is 30.5 Å². The fraction of sp³-hybridized carbons (Fsp3) is 0.438. The lowest BCUT2D eigenvalue weighted by Crippen LogP contribution is -2.34. The summed E-state index contributed by atoms with van der Waals surface area (Å²) in [5, 5.41) is 4.70. The average Bonchev–Trinajstić information content (AvgIpc) is 2.44. The Morgan fingerprint density at radius 3 is 2.70 bits per heavy atom. The minimum Gasteiger partial charge on any atom is -0.399 e. The summed E-state index contributed by atoms with van der Waals surface area (Å²) in [6.07, 6.45) is 1.83. The molecule has 4 nitrogen and oxygen atoms in total. The van der Waals surface area contributed by atoms with E-state index in [-0.39, 0.29) is 0 Å². The zero-order valence-corrected chi connectivity index (χ0v) is 12.6. The largest absolute Gasteiger partial charge is 0.399 e. The van der Waals surface area contributed by atoms with Gasteiger partial charge in [-0.05, 0) is 44.3 Å². The van der Waals surface area contributed by atoms with Crippen molar-refractivity contribution in [2.24, 2.45) is 0 Å². The molecule has 0 aliphatic heterocycles. The van der Waals surface area contributed by atoms with Gasteiger partial charge in [0, 0.05) is 35.5 Å². The van der Waals surface area contributed by atoms with Crippen LogP contribution in [-0.2, 0) is 0 Å². The molecule has 0 spiro atoms. The first-order chi connectivity index (χ1) is 9.63. The predicted octanol–water partition coefficient (Wildman–Crippen LogP) is 2.96. The molecule has 3 N–H and O–H groups in total. The zero-order valence-electron chi connectivity index (χ0n) is 12.6. The number of benzene rings is 1. The number of fused-ring (bicyclic) bond motifs is 1. The molecule has 0 saturated carbocycles. The highest BCUT2D eigenvalue weighted by atomic mass is 15.1. The number of nitrogen functional groups attached to an aromatic ring is 1. The highest BCUT2D eigenvalue weighted by Crippen LogP contribution is 2.23. The van der Waals surface area contributed by atoms with Crippen LogP contribution in [0.4, 0.5) is 11.4 Å². The Labute approximate surface area is 121 Å². The van der Waals surface area contributed by atoms with Crippen molar-refractivity contribution in [1.29, 1.82) is 0 Å². The van der Waals surface area contributed by atoms with Crippen LogP contribution >= 0.6 is 0 Å². The van der Waals surface area contributed by atoms with Crippen LogP contribution in [0.1, 0.15) is 20.8 Å². The molecular weight excluding hydrogens is 248 g/mol. The van der Waals surface area contributed by atoms with E-state index in [4.69, 9.17) is 5.73 Å². The van der Waals surface area contributed by atoms with E-state index in [0.29, 0.717) is 6.04 Å². The third kappa shape index (κ3) is 3.39. The average molecular weight is 272 g/mol. The van der Waals surface area contributed by atoms with Crippen LogP contribution in [0.3, 0.4) is 0 Å². The lowest BCUT2D eigenvalue weighted by molar-refractivity contribution is 0.295. The van der Waals surface area contributed by atoms with Crippen LogP contribution in [-0.4, -0.2) is 35.6 Å². The number of anilines is 2. The van der Waals surface area contributed by atoms with Gasteiger partial charge >= 0.3 is 0 Å². The van der Waals surface area contributed by atoms with Crippen molar-refractivity contribution in [2.45, 2.75) is 26.8 Å². The lowest BCUT2D eigenvalue weighted by atomic mass is 10.1. The van der Waals surface area contributed by atoms with Gasteiger partial charge in [0.2, 0.25) is 0 Å². The summed E-state index contributed by atoms with van der Waals surface area (Å²) < 4.78 is 0. The normalized spacial score (nSPS) is 12.8. The number of nitrogens with one attached hydrogen (secondary N) is 1. The molecule has 1 aromatic carbocycles. The number of rotatable bonds is 6. The zero-order chi connectivity index (χ0) is 14.5. The standard InChI is InChI=1S/C16H24N4/c1-4-20(5-2)11-12(3)19-15-8-9-18-16-10-13(17)6-7-14(15)16/h6-10,12H,4-5,11,17H2,1-3H3,(H,18,19). The van der Waals surface area contributed by atoms with Crippen molar-refractivity contribution in [1.82, 2.24) is 9.88 Å². The van der Waals surface area contributed by atoms with Gasteiger partial charge in [0.25, 0.3) is 0 Å². The van der Waals surface area contributed by atoms with Crippen molar-refractivity contribution >= 4 is 22.3 Å². The monoisotopic (exact) mass is 272 g/mol. The molecule has 1 unspecified atom stereocenters. The molecule has 0 radical (unpaired) electrons. The molecule has 1 heterocycles. The first-order valence-electron chi connectivity index (χ1n) is 7.27. The molecule has 2 aromatic rings. The number of nitrogens with two attached hydrogens (primary N) is 1. The maximum Gasteiger partial charge on any atom is 0.0743 e. The van der Waals surface area contributed by atoms with E-state index in [1.165, 1.54) is 0 Å². The molecule has 0 bridgehead atoms. The van der Waals surface area contributed by atoms with Crippen LogP contribution in [0.5, 0.6) is 0 Å². The molecule has 20 heavy (non-hydrogen) atoms. The number of pyridine rings is 1. The molecule has 2 rings (SSSR count). The van der Waals surface area contributed by atoms with Crippen molar-refractivity contribution < 1.29 is 0 Å². The molecule has 0 aliphatic carbocycles. The van der Waals surface area contributed by atoms with Gasteiger partial charge in [0.1, 0.15) is 0 Å². The van der Waals surface area contributed by atoms with E-state index in [1.54, 1.807) is 0 Å². The van der Waals surface area contributed by atoms with Crippen LogP contribution < -0.4 is 11.1 Å². The number of likely N-dealkylation sites (N-methyl/N-ethyl adjacent to an activating group) is 1. The first-order valence-corrected chi connectivity index (χ1v) is 7.27. The van der Waals surface area contributed by atoms with Crippen LogP contribution in [0.25, 0.3) is 10.9 Å². The summed E-state index contributed by atoms with van der Waals surface area (Å²) in [6.45, 7) is 9.79. The SMILES string of the molecule is CCN(CC)CC(C)Nc1ccnc2cc(N)ccc12. The summed E-state index contributed by atoms with van der Waals surface area (Å²) in [5.74, 6) is 0. The Hall–Kier alpha value is -1.81. The molecule has 0 aliphatic rings. The molecular formula is C16H24N4. The van der Waals surface area contributed by atoms with Gasteiger partial charge in [-0.1, -0.05) is 13.8 Å². The van der Waals surface area contributed by atoms with Gasteiger partial charge in [0.15, 0.2) is 0 Å². The van der Waals surface area contributed by atoms with E-state index in [1.807, 2.05) is 30.5 Å². The van der Waals surface area contributed by atoms with E-state index in [0.717, 1.165) is 41.9 Å². The fourth-order valence-corrected chi connectivity index (χ4v) is 2.47. The van der Waals surface area contributed by atoms with Gasteiger partial charge in [-0.15, -0.1) is 0 Å². The summed E-state index contributed by atoms with van der Waals surface area (Å²) >= 11 is 0. The Morgan fingerprint density at radius 2 is 2.00 bits per heavy atom. The Morgan fingerprint density at radius 1 is 1.25 bits per heavy atom. The van der Waals surface area contributed by atoms with E-state index >= 15 is 0 Å². The molecule has 1 aromatic heterocycles. The van der Waals surface area contributed by atoms with Crippen LogP contribution in [0.2, 0.25) is 0 Å². The molecule has 1 atom stereocenters. The topological polar surface area (TPSA) is 54.2 Å². The maximum atomic E-state index is 5.81. The van der Waals surface area contributed by atoms with Gasteiger partial charge in [0.05, 0.1) is 5.52 Å². The highest BCUT2D eigenvalue weighted by molar-refractivity contribution is 5.92. The van der Waals surface area contributed by atoms with Crippen molar-refractivity contribution in [3.63, 3.8) is 0 Å². The molecule has 0 fully saturated rings. The summed E-state index contributed by atoms with van der Waals surface area (Å²) in [5.41, 5.74) is 8.61. The smallest absolute Gasteiger partial charge is 0.0743 e. The van der Waals surface area contributed by atoms with E-state index in [9.17, 15) is 0 Å². The summed E-state index contributed by atoms with van der Waals surface area (Å²) in [4.78, 5) is 6.79. The quantitative estimate of drug-likeness (QED) is 0.794. The third-order valence-corrected chi connectivity index (χ3v) is 3.60. The third-order valence-electron chi connectivity index (χ3n) is 3.60. The second-order valence-electron chi connectivity index (χ2n) is 5.17. The minimum absolute atomic E-state index is 0.387. The predicted molar refractivity (Wildman–Crippen MR) is 87.0 cm³/mol. The minimum atomic E-state index is 0.387. The van der Waals surface area contributed by atoms with E-state index < -0.39 is 0 Å². The number of nitrogens with zero attached hydrogens (tertiary/aromatic N) is 2. The molecule has 0 amide bonds. The lowest BCUT2D eigenvalue weighted by Gasteiger charge is -2.24. The first kappa shape index (κ1) is 14.6. The molecule has 108 valence electrons. The van der Waals surface area contributed by atoms with Crippen molar-refractivity contribution in [3.8, 4) is 0 Å². The maximum absolute atomic E-state index is 5.81. The molecule has 4 heteroatoms. The van der Waals surface area contributed by atoms with Gasteiger partial charge in [-0.2, -0.15) is 0 Å². The number of hydrogen-bond acceptors (Lipinski definition) is 4. The van der Waals surface area contributed by atoms with E-state index in [2.05, 4.69) is 36.0 Å². The van der Waals surface area contributed by atoms with Gasteiger partial charge in [-0.3, -0.25) is 4.98 Å². The highest BCUT2D eigenvalue weighted by Gasteiger charge is 2.09. The molecule has 0 saturated heterocycles. The summed E-state index contributed by atoms with van der Waals surface area (Å²) in [6, 6.07) is 8.28. The Kier molecular flexibility index (Phi) is 4.79. The Bertz CT molecular complexity index is 563. The van der Waals surface area contributed by atoms with Gasteiger partial charge < -0.3 is 16.0 Å².